The average Bonchev–Trinajstić information content (AvgIpc) is 2.33. The Labute approximate surface area is 110 Å². The molecular formula is C13H17FN2O3. The largest absolute Gasteiger partial charge is 0.373 e. The van der Waals surface area contributed by atoms with Gasteiger partial charge >= 0.3 is 5.69 Å². The molecular weight excluding hydrogens is 251 g/mol. The number of ether oxygens (including phenoxy) is 1. The Hall–Kier alpha value is -1.53. The van der Waals surface area contributed by atoms with Crippen molar-refractivity contribution in [2.75, 3.05) is 13.6 Å². The summed E-state index contributed by atoms with van der Waals surface area (Å²) in [6.45, 7) is 1.05. The molecule has 1 N–H and O–H groups in total. The minimum absolute atomic E-state index is 0.0878. The second kappa shape index (κ2) is 6.08. The molecule has 0 spiro atoms. The van der Waals surface area contributed by atoms with E-state index in [1.807, 2.05) is 7.05 Å². The van der Waals surface area contributed by atoms with Gasteiger partial charge in [-0.3, -0.25) is 10.1 Å². The third-order valence-electron chi connectivity index (χ3n) is 3.41. The highest BCUT2D eigenvalue weighted by atomic mass is 19.1. The normalized spacial score (nSPS) is 22.0. The summed E-state index contributed by atoms with van der Waals surface area (Å²) in [5.74, 6) is -0.177. The summed E-state index contributed by atoms with van der Waals surface area (Å²) in [6, 6.07) is 4.15. The Kier molecular flexibility index (Phi) is 4.44. The summed E-state index contributed by atoms with van der Waals surface area (Å²) in [6.07, 6.45) is 2.05. The van der Waals surface area contributed by atoms with Gasteiger partial charge in [0.2, 0.25) is 5.82 Å². The van der Waals surface area contributed by atoms with Gasteiger partial charge < -0.3 is 10.1 Å². The number of nitro groups is 1. The molecule has 0 radical (unpaired) electrons. The van der Waals surface area contributed by atoms with Crippen molar-refractivity contribution in [1.29, 1.82) is 0 Å². The molecule has 1 aliphatic carbocycles. The van der Waals surface area contributed by atoms with Crippen LogP contribution in [0.5, 0.6) is 0 Å². The third kappa shape index (κ3) is 3.27. The first-order valence-electron chi connectivity index (χ1n) is 6.29. The SMILES string of the molecule is CNCC1CC(OCc2cccc([N+](=O)[O-])c2F)C1. The lowest BCUT2D eigenvalue weighted by Crippen LogP contribution is -2.36. The molecule has 104 valence electrons. The summed E-state index contributed by atoms with van der Waals surface area (Å²) in [4.78, 5) is 9.90. The van der Waals surface area contributed by atoms with Gasteiger partial charge in [-0.1, -0.05) is 12.1 Å². The second-order valence-corrected chi connectivity index (χ2v) is 4.84. The number of hydrogen-bond acceptors (Lipinski definition) is 4. The Bertz CT molecular complexity index is 461. The van der Waals surface area contributed by atoms with Crippen molar-refractivity contribution in [1.82, 2.24) is 5.32 Å². The van der Waals surface area contributed by atoms with Crippen LogP contribution >= 0.6 is 0 Å². The smallest absolute Gasteiger partial charge is 0.305 e. The Morgan fingerprint density at radius 2 is 2.26 bits per heavy atom. The van der Waals surface area contributed by atoms with Gasteiger partial charge in [0.25, 0.3) is 0 Å². The lowest BCUT2D eigenvalue weighted by Gasteiger charge is -2.35. The second-order valence-electron chi connectivity index (χ2n) is 4.84. The Morgan fingerprint density at radius 1 is 1.53 bits per heavy atom. The molecule has 1 fully saturated rings. The van der Waals surface area contributed by atoms with E-state index in [4.69, 9.17) is 4.74 Å². The van der Waals surface area contributed by atoms with Crippen molar-refractivity contribution in [3.05, 3.63) is 39.7 Å². The number of hydrogen-bond donors (Lipinski definition) is 1. The van der Waals surface area contributed by atoms with Crippen LogP contribution in [0.15, 0.2) is 18.2 Å². The van der Waals surface area contributed by atoms with Crippen molar-refractivity contribution < 1.29 is 14.1 Å². The molecule has 0 bridgehead atoms. The van der Waals surface area contributed by atoms with E-state index < -0.39 is 16.4 Å². The van der Waals surface area contributed by atoms with Gasteiger partial charge in [-0.05, 0) is 32.4 Å². The van der Waals surface area contributed by atoms with Gasteiger partial charge in [-0.25, -0.2) is 0 Å². The number of nitro benzene ring substituents is 1. The molecule has 19 heavy (non-hydrogen) atoms. The third-order valence-corrected chi connectivity index (χ3v) is 3.41. The Balaban J connectivity index is 1.87. The molecule has 6 heteroatoms. The van der Waals surface area contributed by atoms with Crippen molar-refractivity contribution in [2.24, 2.45) is 5.92 Å². The van der Waals surface area contributed by atoms with Crippen LogP contribution in [0.25, 0.3) is 0 Å². The zero-order valence-corrected chi connectivity index (χ0v) is 10.8. The van der Waals surface area contributed by atoms with Crippen LogP contribution in [-0.4, -0.2) is 24.6 Å². The van der Waals surface area contributed by atoms with E-state index in [0.29, 0.717) is 5.92 Å². The molecule has 0 unspecified atom stereocenters. The first-order chi connectivity index (χ1) is 9.11. The standard InChI is InChI=1S/C13H17FN2O3/c1-15-7-9-5-11(6-9)19-8-10-3-2-4-12(13(10)14)16(17)18/h2-4,9,11,15H,5-8H2,1H3. The fraction of sp³-hybridized carbons (Fsp3) is 0.538. The van der Waals surface area contributed by atoms with Crippen LogP contribution in [0.4, 0.5) is 10.1 Å². The molecule has 0 atom stereocenters. The highest BCUT2D eigenvalue weighted by molar-refractivity contribution is 5.36. The van der Waals surface area contributed by atoms with Crippen LogP contribution < -0.4 is 5.32 Å². The molecule has 0 saturated heterocycles. The number of halogens is 1. The van der Waals surface area contributed by atoms with Crippen LogP contribution in [0.1, 0.15) is 18.4 Å². The van der Waals surface area contributed by atoms with E-state index in [1.165, 1.54) is 12.1 Å². The first kappa shape index (κ1) is 13.9. The molecule has 0 aromatic heterocycles. The minimum atomic E-state index is -0.793. The maximum atomic E-state index is 13.8. The molecule has 0 heterocycles. The van der Waals surface area contributed by atoms with E-state index in [0.717, 1.165) is 25.5 Å². The van der Waals surface area contributed by atoms with E-state index in [-0.39, 0.29) is 18.3 Å². The van der Waals surface area contributed by atoms with Gasteiger partial charge in [0.05, 0.1) is 17.6 Å². The maximum absolute atomic E-state index is 13.8. The summed E-state index contributed by atoms with van der Waals surface area (Å²) >= 11 is 0. The van der Waals surface area contributed by atoms with Crippen molar-refractivity contribution >= 4 is 5.69 Å². The summed E-state index contributed by atoms with van der Waals surface area (Å²) < 4.78 is 19.3. The summed E-state index contributed by atoms with van der Waals surface area (Å²) in [5, 5.41) is 13.7. The molecule has 0 aliphatic heterocycles. The van der Waals surface area contributed by atoms with E-state index >= 15 is 0 Å². The van der Waals surface area contributed by atoms with Gasteiger partial charge in [0.1, 0.15) is 0 Å². The monoisotopic (exact) mass is 268 g/mol. The number of nitrogens with one attached hydrogen (secondary N) is 1. The van der Waals surface area contributed by atoms with E-state index in [9.17, 15) is 14.5 Å². The quantitative estimate of drug-likeness (QED) is 0.635. The fourth-order valence-electron chi connectivity index (χ4n) is 2.29. The van der Waals surface area contributed by atoms with E-state index in [2.05, 4.69) is 5.32 Å². The molecule has 0 amide bonds. The van der Waals surface area contributed by atoms with Gasteiger partial charge in [0, 0.05) is 11.6 Å². The number of rotatable bonds is 6. The van der Waals surface area contributed by atoms with Gasteiger partial charge in [-0.15, -0.1) is 0 Å². The zero-order chi connectivity index (χ0) is 13.8. The predicted octanol–water partition coefficient (Wildman–Crippen LogP) is 2.25. The average molecular weight is 268 g/mol. The highest BCUT2D eigenvalue weighted by Gasteiger charge is 2.29. The fourth-order valence-corrected chi connectivity index (χ4v) is 2.29. The Morgan fingerprint density at radius 3 is 2.89 bits per heavy atom. The van der Waals surface area contributed by atoms with Crippen LogP contribution in [0.2, 0.25) is 0 Å². The molecule has 5 nitrogen and oxygen atoms in total. The minimum Gasteiger partial charge on any atom is -0.373 e. The lowest BCUT2D eigenvalue weighted by atomic mass is 9.82. The van der Waals surface area contributed by atoms with Crippen molar-refractivity contribution in [2.45, 2.75) is 25.6 Å². The van der Waals surface area contributed by atoms with Crippen LogP contribution in [-0.2, 0) is 11.3 Å². The van der Waals surface area contributed by atoms with E-state index in [1.54, 1.807) is 0 Å². The lowest BCUT2D eigenvalue weighted by molar-refractivity contribution is -0.387. The highest BCUT2D eigenvalue weighted by Crippen LogP contribution is 2.30. The predicted molar refractivity (Wildman–Crippen MR) is 68.3 cm³/mol. The van der Waals surface area contributed by atoms with Gasteiger partial charge in [0.15, 0.2) is 0 Å². The molecule has 1 saturated carbocycles. The van der Waals surface area contributed by atoms with Crippen molar-refractivity contribution in [3.63, 3.8) is 0 Å². The van der Waals surface area contributed by atoms with Gasteiger partial charge in [-0.2, -0.15) is 4.39 Å². The molecule has 1 aromatic carbocycles. The number of nitrogens with zero attached hydrogens (tertiary/aromatic N) is 1. The molecule has 1 aliphatic rings. The first-order valence-corrected chi connectivity index (χ1v) is 6.29. The molecule has 2 rings (SSSR count). The topological polar surface area (TPSA) is 64.4 Å². The summed E-state index contributed by atoms with van der Waals surface area (Å²) in [5.41, 5.74) is -0.256. The molecule has 1 aromatic rings. The summed E-state index contributed by atoms with van der Waals surface area (Å²) in [7, 11) is 1.91. The maximum Gasteiger partial charge on any atom is 0.305 e. The zero-order valence-electron chi connectivity index (χ0n) is 10.8. The van der Waals surface area contributed by atoms with Crippen LogP contribution in [0.3, 0.4) is 0 Å². The number of benzene rings is 1. The van der Waals surface area contributed by atoms with Crippen LogP contribution in [0, 0.1) is 21.8 Å². The van der Waals surface area contributed by atoms with Crippen molar-refractivity contribution in [3.8, 4) is 0 Å².